The molecule has 24 heavy (non-hydrogen) atoms. The van der Waals surface area contributed by atoms with Crippen LogP contribution in [-0.2, 0) is 4.79 Å². The van der Waals surface area contributed by atoms with Crippen LogP contribution in [0.1, 0.15) is 15.9 Å². The van der Waals surface area contributed by atoms with E-state index >= 15 is 0 Å². The highest BCUT2D eigenvalue weighted by Gasteiger charge is 2.12. The number of ketones is 1. The fourth-order valence-electron chi connectivity index (χ4n) is 2.44. The van der Waals surface area contributed by atoms with Gasteiger partial charge in [-0.1, -0.05) is 54.6 Å². The maximum atomic E-state index is 12.7. The van der Waals surface area contributed by atoms with E-state index in [2.05, 4.69) is 11.9 Å². The molecule has 0 saturated heterocycles. The number of carbonyl (C=O) groups is 2. The molecule has 0 aromatic heterocycles. The van der Waals surface area contributed by atoms with Gasteiger partial charge in [-0.3, -0.25) is 9.59 Å². The third kappa shape index (κ3) is 3.21. The Morgan fingerprint density at radius 1 is 0.917 bits per heavy atom. The molecule has 0 unspecified atom stereocenters. The predicted octanol–water partition coefficient (Wildman–Crippen LogP) is 4.85. The van der Waals surface area contributed by atoms with Crippen LogP contribution in [0.3, 0.4) is 0 Å². The summed E-state index contributed by atoms with van der Waals surface area (Å²) in [5.41, 5.74) is 1.50. The number of anilines is 1. The number of hydrogen-bond donors (Lipinski definition) is 1. The number of benzene rings is 3. The molecule has 0 heterocycles. The average Bonchev–Trinajstić information content (AvgIpc) is 2.62. The number of carbonyl (C=O) groups excluding carboxylic acids is 2. The molecule has 4 heteroatoms. The van der Waals surface area contributed by atoms with Crippen molar-refractivity contribution < 1.29 is 9.59 Å². The maximum Gasteiger partial charge on any atom is 0.247 e. The minimum absolute atomic E-state index is 0.121. The molecule has 3 aromatic rings. The Hall–Kier alpha value is -2.91. The van der Waals surface area contributed by atoms with Crippen LogP contribution in [0.4, 0.5) is 5.69 Å². The predicted molar refractivity (Wildman–Crippen MR) is 97.7 cm³/mol. The zero-order chi connectivity index (χ0) is 17.1. The Bertz CT molecular complexity index is 963. The average molecular weight is 336 g/mol. The molecule has 0 fully saturated rings. The normalized spacial score (nSPS) is 10.4. The van der Waals surface area contributed by atoms with Gasteiger partial charge in [0.15, 0.2) is 5.78 Å². The van der Waals surface area contributed by atoms with Gasteiger partial charge in [-0.2, -0.15) is 0 Å². The smallest absolute Gasteiger partial charge is 0.247 e. The lowest BCUT2D eigenvalue weighted by Crippen LogP contribution is -2.08. The van der Waals surface area contributed by atoms with E-state index in [1.165, 1.54) is 0 Å². The first kappa shape index (κ1) is 16.0. The van der Waals surface area contributed by atoms with Crippen LogP contribution >= 0.6 is 11.6 Å². The molecule has 0 radical (unpaired) electrons. The summed E-state index contributed by atoms with van der Waals surface area (Å²) >= 11 is 6.16. The van der Waals surface area contributed by atoms with Crippen molar-refractivity contribution >= 4 is 39.8 Å². The van der Waals surface area contributed by atoms with Gasteiger partial charge in [0.05, 0.1) is 10.7 Å². The van der Waals surface area contributed by atoms with Gasteiger partial charge in [-0.15, -0.1) is 0 Å². The molecule has 3 rings (SSSR count). The van der Waals surface area contributed by atoms with Gasteiger partial charge >= 0.3 is 0 Å². The van der Waals surface area contributed by atoms with Crippen molar-refractivity contribution in [1.29, 1.82) is 0 Å². The summed E-state index contributed by atoms with van der Waals surface area (Å²) in [6.07, 6.45) is 1.16. The summed E-state index contributed by atoms with van der Waals surface area (Å²) in [4.78, 5) is 24.0. The van der Waals surface area contributed by atoms with Crippen LogP contribution in [0.2, 0.25) is 5.02 Å². The van der Waals surface area contributed by atoms with Crippen molar-refractivity contribution in [3.63, 3.8) is 0 Å². The second-order valence-corrected chi connectivity index (χ2v) is 5.69. The van der Waals surface area contributed by atoms with Crippen molar-refractivity contribution in [3.8, 4) is 0 Å². The van der Waals surface area contributed by atoms with Gasteiger partial charge in [-0.25, -0.2) is 0 Å². The van der Waals surface area contributed by atoms with E-state index < -0.39 is 0 Å². The number of fused-ring (bicyclic) bond motifs is 1. The first-order chi connectivity index (χ1) is 11.6. The number of nitrogens with one attached hydrogen (secondary N) is 1. The Labute approximate surface area is 144 Å². The lowest BCUT2D eigenvalue weighted by atomic mass is 10.00. The molecular formula is C20H14ClNO2. The zero-order valence-corrected chi connectivity index (χ0v) is 13.5. The molecule has 3 aromatic carbocycles. The number of hydrogen-bond acceptors (Lipinski definition) is 2. The van der Waals surface area contributed by atoms with Crippen LogP contribution in [0, 0.1) is 0 Å². The molecule has 118 valence electrons. The highest BCUT2D eigenvalue weighted by atomic mass is 35.5. The van der Waals surface area contributed by atoms with Gasteiger partial charge in [0.1, 0.15) is 0 Å². The van der Waals surface area contributed by atoms with Crippen LogP contribution in [0.25, 0.3) is 10.8 Å². The van der Waals surface area contributed by atoms with E-state index in [4.69, 9.17) is 11.6 Å². The van der Waals surface area contributed by atoms with E-state index in [0.29, 0.717) is 21.8 Å². The lowest BCUT2D eigenvalue weighted by Gasteiger charge is -2.08. The Morgan fingerprint density at radius 3 is 2.29 bits per heavy atom. The SMILES string of the molecule is C=CC(=O)Nc1ccc(C(=O)c2ccc3ccccc3c2)cc1Cl. The lowest BCUT2D eigenvalue weighted by molar-refractivity contribution is -0.111. The minimum Gasteiger partial charge on any atom is -0.321 e. The molecule has 3 nitrogen and oxygen atoms in total. The molecule has 0 aliphatic heterocycles. The molecule has 0 aliphatic carbocycles. The van der Waals surface area contributed by atoms with Crippen LogP contribution in [-0.4, -0.2) is 11.7 Å². The standard InChI is InChI=1S/C20H14ClNO2/c1-2-19(23)22-18-10-9-16(12-17(18)21)20(24)15-8-7-13-5-3-4-6-14(13)11-15/h2-12H,1H2,(H,22,23). The van der Waals surface area contributed by atoms with Gasteiger partial charge in [0.25, 0.3) is 0 Å². The highest BCUT2D eigenvalue weighted by molar-refractivity contribution is 6.34. The monoisotopic (exact) mass is 335 g/mol. The maximum absolute atomic E-state index is 12.7. The fraction of sp³-hybridized carbons (Fsp3) is 0. The molecule has 0 aliphatic rings. The molecule has 0 spiro atoms. The molecule has 0 saturated carbocycles. The van der Waals surface area contributed by atoms with Gasteiger partial charge in [-0.05, 0) is 41.1 Å². The third-order valence-corrected chi connectivity index (χ3v) is 4.00. The Balaban J connectivity index is 1.92. The highest BCUT2D eigenvalue weighted by Crippen LogP contribution is 2.25. The van der Waals surface area contributed by atoms with Gasteiger partial charge < -0.3 is 5.32 Å². The molecule has 1 amide bonds. The second-order valence-electron chi connectivity index (χ2n) is 5.28. The van der Waals surface area contributed by atoms with Crippen molar-refractivity contribution in [2.75, 3.05) is 5.32 Å². The van der Waals surface area contributed by atoms with Crippen LogP contribution in [0.5, 0.6) is 0 Å². The molecule has 1 N–H and O–H groups in total. The van der Waals surface area contributed by atoms with E-state index in [1.54, 1.807) is 24.3 Å². The summed E-state index contributed by atoms with van der Waals surface area (Å²) in [6, 6.07) is 18.2. The molecule has 0 bridgehead atoms. The molecule has 0 atom stereocenters. The van der Waals surface area contributed by atoms with Gasteiger partial charge in [0, 0.05) is 11.1 Å². The third-order valence-electron chi connectivity index (χ3n) is 3.69. The fourth-order valence-corrected chi connectivity index (χ4v) is 2.67. The number of amides is 1. The zero-order valence-electron chi connectivity index (χ0n) is 12.8. The molecular weight excluding hydrogens is 322 g/mol. The first-order valence-electron chi connectivity index (χ1n) is 7.35. The second kappa shape index (κ2) is 6.69. The van der Waals surface area contributed by atoms with Gasteiger partial charge in [0.2, 0.25) is 5.91 Å². The van der Waals surface area contributed by atoms with E-state index in [0.717, 1.165) is 16.8 Å². The topological polar surface area (TPSA) is 46.2 Å². The summed E-state index contributed by atoms with van der Waals surface area (Å²) in [5.74, 6) is -0.477. The first-order valence-corrected chi connectivity index (χ1v) is 7.73. The summed E-state index contributed by atoms with van der Waals surface area (Å²) in [7, 11) is 0. The van der Waals surface area contributed by atoms with Crippen molar-refractivity contribution in [3.05, 3.63) is 89.5 Å². The Morgan fingerprint density at radius 2 is 1.58 bits per heavy atom. The number of rotatable bonds is 4. The summed E-state index contributed by atoms with van der Waals surface area (Å²) < 4.78 is 0. The van der Waals surface area contributed by atoms with Crippen LogP contribution in [0.15, 0.2) is 73.3 Å². The van der Waals surface area contributed by atoms with E-state index in [1.807, 2.05) is 36.4 Å². The van der Waals surface area contributed by atoms with Crippen LogP contribution < -0.4 is 5.32 Å². The van der Waals surface area contributed by atoms with Crippen molar-refractivity contribution in [2.24, 2.45) is 0 Å². The summed E-state index contributed by atoms with van der Waals surface area (Å²) in [6.45, 7) is 3.39. The quantitative estimate of drug-likeness (QED) is 0.547. The Kier molecular flexibility index (Phi) is 4.45. The van der Waals surface area contributed by atoms with E-state index in [9.17, 15) is 9.59 Å². The van der Waals surface area contributed by atoms with E-state index in [-0.39, 0.29) is 11.7 Å². The van der Waals surface area contributed by atoms with Crippen molar-refractivity contribution in [2.45, 2.75) is 0 Å². The summed E-state index contributed by atoms with van der Waals surface area (Å²) in [5, 5.41) is 4.97. The largest absolute Gasteiger partial charge is 0.321 e. The minimum atomic E-state index is -0.356. The van der Waals surface area contributed by atoms with Crippen molar-refractivity contribution in [1.82, 2.24) is 0 Å². The number of halogens is 1.